The molecular weight excluding hydrogens is 232 g/mol. The molecule has 1 aromatic heterocycles. The minimum absolute atomic E-state index is 0.0748. The third-order valence-corrected chi connectivity index (χ3v) is 3.43. The van der Waals surface area contributed by atoms with E-state index in [0.29, 0.717) is 0 Å². The lowest BCUT2D eigenvalue weighted by atomic mass is 9.97. The highest BCUT2D eigenvalue weighted by Gasteiger charge is 2.04. The van der Waals surface area contributed by atoms with Gasteiger partial charge in [-0.1, -0.05) is 42.5 Å². The van der Waals surface area contributed by atoms with Gasteiger partial charge >= 0.3 is 0 Å². The number of benzene rings is 2. The molecule has 1 unspecified atom stereocenters. The van der Waals surface area contributed by atoms with E-state index in [1.165, 1.54) is 16.5 Å². The fraction of sp³-hybridized carbons (Fsp3) is 0.118. The zero-order chi connectivity index (χ0) is 13.2. The van der Waals surface area contributed by atoms with Gasteiger partial charge in [0, 0.05) is 23.8 Å². The van der Waals surface area contributed by atoms with Crippen LogP contribution in [0.2, 0.25) is 0 Å². The van der Waals surface area contributed by atoms with Crippen LogP contribution in [-0.2, 0) is 0 Å². The molecule has 0 amide bonds. The first kappa shape index (κ1) is 11.9. The van der Waals surface area contributed by atoms with Gasteiger partial charge in [0.1, 0.15) is 0 Å². The summed E-state index contributed by atoms with van der Waals surface area (Å²) < 4.78 is 0. The molecule has 0 aliphatic carbocycles. The molecule has 0 radical (unpaired) electrons. The van der Waals surface area contributed by atoms with E-state index in [1.54, 1.807) is 0 Å². The summed E-state index contributed by atoms with van der Waals surface area (Å²) in [6.07, 6.45) is 3.73. The average Bonchev–Trinajstić information content (AvgIpc) is 2.47. The fourth-order valence-electron chi connectivity index (χ4n) is 2.34. The van der Waals surface area contributed by atoms with Crippen LogP contribution in [0.3, 0.4) is 0 Å². The lowest BCUT2D eigenvalue weighted by Gasteiger charge is -2.09. The zero-order valence-corrected chi connectivity index (χ0v) is 10.9. The summed E-state index contributed by atoms with van der Waals surface area (Å²) in [4.78, 5) is 4.17. The van der Waals surface area contributed by atoms with Crippen LogP contribution in [0, 0.1) is 0 Å². The molecule has 2 nitrogen and oxygen atoms in total. The van der Waals surface area contributed by atoms with E-state index < -0.39 is 0 Å². The van der Waals surface area contributed by atoms with Crippen LogP contribution >= 0.6 is 0 Å². The Labute approximate surface area is 112 Å². The maximum atomic E-state index is 5.88. The molecule has 0 bridgehead atoms. The van der Waals surface area contributed by atoms with E-state index in [-0.39, 0.29) is 6.04 Å². The van der Waals surface area contributed by atoms with Crippen molar-refractivity contribution >= 4 is 10.8 Å². The van der Waals surface area contributed by atoms with Crippen molar-refractivity contribution in [1.82, 2.24) is 4.98 Å². The largest absolute Gasteiger partial charge is 0.324 e. The van der Waals surface area contributed by atoms with Gasteiger partial charge in [0.15, 0.2) is 0 Å². The summed E-state index contributed by atoms with van der Waals surface area (Å²) in [6, 6.07) is 16.9. The van der Waals surface area contributed by atoms with E-state index in [0.717, 1.165) is 10.9 Å². The summed E-state index contributed by atoms with van der Waals surface area (Å²) in [7, 11) is 0. The standard InChI is InChI=1S/C17H16N2/c1-12(18)13-5-7-14(8-6-13)16-4-2-3-15-11-19-10-9-17(15)16/h2-12H,18H2,1H3. The topological polar surface area (TPSA) is 38.9 Å². The fourth-order valence-corrected chi connectivity index (χ4v) is 2.34. The number of pyridine rings is 1. The van der Waals surface area contributed by atoms with E-state index >= 15 is 0 Å². The number of aromatic nitrogens is 1. The van der Waals surface area contributed by atoms with Crippen LogP contribution in [0.1, 0.15) is 18.5 Å². The average molecular weight is 248 g/mol. The molecule has 1 heterocycles. The van der Waals surface area contributed by atoms with Crippen LogP contribution in [0.5, 0.6) is 0 Å². The Morgan fingerprint density at radius 3 is 2.53 bits per heavy atom. The summed E-state index contributed by atoms with van der Waals surface area (Å²) in [5.41, 5.74) is 9.48. The number of rotatable bonds is 2. The van der Waals surface area contributed by atoms with Crippen molar-refractivity contribution in [2.75, 3.05) is 0 Å². The predicted octanol–water partition coefficient (Wildman–Crippen LogP) is 3.92. The third-order valence-electron chi connectivity index (χ3n) is 3.43. The molecule has 0 saturated heterocycles. The van der Waals surface area contributed by atoms with E-state index in [2.05, 4.69) is 53.5 Å². The Kier molecular flexibility index (Phi) is 3.02. The lowest BCUT2D eigenvalue weighted by Crippen LogP contribution is -2.04. The lowest BCUT2D eigenvalue weighted by molar-refractivity contribution is 0.818. The molecule has 1 atom stereocenters. The van der Waals surface area contributed by atoms with Crippen LogP contribution < -0.4 is 5.73 Å². The van der Waals surface area contributed by atoms with Gasteiger partial charge in [-0.2, -0.15) is 0 Å². The van der Waals surface area contributed by atoms with Gasteiger partial charge in [-0.3, -0.25) is 4.98 Å². The van der Waals surface area contributed by atoms with Gasteiger partial charge in [0.05, 0.1) is 0 Å². The second kappa shape index (κ2) is 4.82. The molecule has 0 saturated carbocycles. The Morgan fingerprint density at radius 1 is 1.00 bits per heavy atom. The highest BCUT2D eigenvalue weighted by atomic mass is 14.6. The Hall–Kier alpha value is -2.19. The summed E-state index contributed by atoms with van der Waals surface area (Å²) in [5.74, 6) is 0. The number of hydrogen-bond donors (Lipinski definition) is 1. The normalized spacial score (nSPS) is 12.5. The summed E-state index contributed by atoms with van der Waals surface area (Å²) in [5, 5.41) is 2.39. The first-order valence-corrected chi connectivity index (χ1v) is 6.44. The summed E-state index contributed by atoms with van der Waals surface area (Å²) >= 11 is 0. The van der Waals surface area contributed by atoms with E-state index in [1.807, 2.05) is 19.3 Å². The second-order valence-electron chi connectivity index (χ2n) is 4.81. The van der Waals surface area contributed by atoms with Crippen molar-refractivity contribution in [3.05, 3.63) is 66.5 Å². The molecule has 0 fully saturated rings. The Bertz CT molecular complexity index is 695. The van der Waals surface area contributed by atoms with Crippen molar-refractivity contribution in [1.29, 1.82) is 0 Å². The molecule has 2 N–H and O–H groups in total. The first-order valence-electron chi connectivity index (χ1n) is 6.44. The van der Waals surface area contributed by atoms with Crippen molar-refractivity contribution < 1.29 is 0 Å². The van der Waals surface area contributed by atoms with Crippen LogP contribution in [0.25, 0.3) is 21.9 Å². The molecule has 3 rings (SSSR count). The minimum atomic E-state index is 0.0748. The maximum absolute atomic E-state index is 5.88. The van der Waals surface area contributed by atoms with Gasteiger partial charge in [-0.15, -0.1) is 0 Å². The summed E-state index contributed by atoms with van der Waals surface area (Å²) in [6.45, 7) is 2.00. The van der Waals surface area contributed by atoms with Gasteiger partial charge in [0.2, 0.25) is 0 Å². The molecule has 3 aromatic rings. The minimum Gasteiger partial charge on any atom is -0.324 e. The molecule has 0 aliphatic heterocycles. The molecule has 94 valence electrons. The van der Waals surface area contributed by atoms with Crippen LogP contribution in [0.15, 0.2) is 60.9 Å². The Balaban J connectivity index is 2.14. The van der Waals surface area contributed by atoms with Gasteiger partial charge in [-0.05, 0) is 35.1 Å². The molecular formula is C17H16N2. The SMILES string of the molecule is CC(N)c1ccc(-c2cccc3cnccc23)cc1. The monoisotopic (exact) mass is 248 g/mol. The highest BCUT2D eigenvalue weighted by Crippen LogP contribution is 2.28. The van der Waals surface area contributed by atoms with Gasteiger partial charge in [-0.25, -0.2) is 0 Å². The predicted molar refractivity (Wildman–Crippen MR) is 79.8 cm³/mol. The van der Waals surface area contributed by atoms with Crippen LogP contribution in [0.4, 0.5) is 0 Å². The van der Waals surface area contributed by atoms with Crippen molar-refractivity contribution in [2.24, 2.45) is 5.73 Å². The first-order chi connectivity index (χ1) is 9.25. The molecule has 2 heteroatoms. The molecule has 2 aromatic carbocycles. The smallest absolute Gasteiger partial charge is 0.0346 e. The van der Waals surface area contributed by atoms with Gasteiger partial charge < -0.3 is 5.73 Å². The number of nitrogens with zero attached hydrogens (tertiary/aromatic N) is 1. The van der Waals surface area contributed by atoms with Crippen molar-refractivity contribution in [2.45, 2.75) is 13.0 Å². The third kappa shape index (κ3) is 2.23. The Morgan fingerprint density at radius 2 is 1.79 bits per heavy atom. The maximum Gasteiger partial charge on any atom is 0.0346 e. The zero-order valence-electron chi connectivity index (χ0n) is 10.9. The molecule has 0 aliphatic rings. The highest BCUT2D eigenvalue weighted by molar-refractivity contribution is 5.96. The van der Waals surface area contributed by atoms with Gasteiger partial charge in [0.25, 0.3) is 0 Å². The van der Waals surface area contributed by atoms with Crippen molar-refractivity contribution in [3.8, 4) is 11.1 Å². The quantitative estimate of drug-likeness (QED) is 0.746. The second-order valence-corrected chi connectivity index (χ2v) is 4.81. The molecule has 0 spiro atoms. The van der Waals surface area contributed by atoms with E-state index in [4.69, 9.17) is 5.73 Å². The molecule has 19 heavy (non-hydrogen) atoms. The van der Waals surface area contributed by atoms with Crippen molar-refractivity contribution in [3.63, 3.8) is 0 Å². The number of nitrogens with two attached hydrogens (primary N) is 1. The van der Waals surface area contributed by atoms with Crippen LogP contribution in [-0.4, -0.2) is 4.98 Å². The number of hydrogen-bond acceptors (Lipinski definition) is 2. The number of fused-ring (bicyclic) bond motifs is 1. The van der Waals surface area contributed by atoms with E-state index in [9.17, 15) is 0 Å².